The highest BCUT2D eigenvalue weighted by molar-refractivity contribution is 5.94. The van der Waals surface area contributed by atoms with E-state index in [1.807, 2.05) is 31.2 Å². The fourth-order valence-corrected chi connectivity index (χ4v) is 3.28. The lowest BCUT2D eigenvalue weighted by molar-refractivity contribution is 0.101. The number of carbonyl (C=O) groups excluding carboxylic acids is 1. The van der Waals surface area contributed by atoms with Crippen LogP contribution in [-0.4, -0.2) is 27.8 Å². The van der Waals surface area contributed by atoms with Gasteiger partial charge in [0.25, 0.3) is 0 Å². The zero-order chi connectivity index (χ0) is 24.5. The zero-order valence-electron chi connectivity index (χ0n) is 19.4. The molecule has 2 aromatic heterocycles. The highest BCUT2D eigenvalue weighted by Crippen LogP contribution is 2.28. The van der Waals surface area contributed by atoms with Crippen molar-refractivity contribution < 1.29 is 18.7 Å². The predicted octanol–water partition coefficient (Wildman–Crippen LogP) is 4.35. The van der Waals surface area contributed by atoms with Gasteiger partial charge in [0.05, 0.1) is 18.5 Å². The Morgan fingerprint density at radius 2 is 2.15 bits per heavy atom. The van der Waals surface area contributed by atoms with Crippen LogP contribution in [0.25, 0.3) is 18.2 Å². The number of nitrogens with zero attached hydrogens (tertiary/aromatic N) is 2. The third kappa shape index (κ3) is 5.98. The zero-order valence-corrected chi connectivity index (χ0v) is 19.4. The Labute approximate surface area is 197 Å². The van der Waals surface area contributed by atoms with E-state index in [0.29, 0.717) is 17.3 Å². The van der Waals surface area contributed by atoms with E-state index in [1.165, 1.54) is 25.3 Å². The quantitative estimate of drug-likeness (QED) is 0.511. The summed E-state index contributed by atoms with van der Waals surface area (Å²) >= 11 is 0. The van der Waals surface area contributed by atoms with Crippen molar-refractivity contribution in [3.05, 3.63) is 88.6 Å². The van der Waals surface area contributed by atoms with Gasteiger partial charge in [0.15, 0.2) is 17.3 Å². The highest BCUT2D eigenvalue weighted by Gasteiger charge is 2.09. The molecular formula is C26H27FN4O3. The molecule has 3 aromatic rings. The molecule has 0 saturated heterocycles. The monoisotopic (exact) mass is 462 g/mol. The molecule has 176 valence electrons. The lowest BCUT2D eigenvalue weighted by atomic mass is 10.2. The largest absolute Gasteiger partial charge is 0.493 e. The number of halogens is 1. The van der Waals surface area contributed by atoms with Gasteiger partial charge in [-0.25, -0.2) is 14.4 Å². The first-order chi connectivity index (χ1) is 16.5. The van der Waals surface area contributed by atoms with Gasteiger partial charge in [0.2, 0.25) is 0 Å². The molecule has 0 aliphatic carbocycles. The normalized spacial score (nSPS) is 12.0. The molecule has 4 rings (SSSR count). The molecule has 0 saturated carbocycles. The summed E-state index contributed by atoms with van der Waals surface area (Å²) in [7, 11) is 1.51. The molecule has 8 heteroatoms. The van der Waals surface area contributed by atoms with Gasteiger partial charge in [-0.15, -0.1) is 0 Å². The molecule has 0 fully saturated rings. The number of Topliss-reactive ketones (excluding diaryl/α,β-unsaturated/α-hetero) is 1. The van der Waals surface area contributed by atoms with Crippen LogP contribution in [0.4, 0.5) is 4.39 Å². The number of hydrogen-bond acceptors (Lipinski definition) is 5. The van der Waals surface area contributed by atoms with E-state index in [-0.39, 0.29) is 18.2 Å². The number of rotatable bonds is 7. The van der Waals surface area contributed by atoms with Gasteiger partial charge in [-0.2, -0.15) is 0 Å². The Morgan fingerprint density at radius 1 is 1.32 bits per heavy atom. The second-order valence-corrected chi connectivity index (χ2v) is 7.24. The number of carbonyl (C=O) groups is 1. The van der Waals surface area contributed by atoms with Crippen molar-refractivity contribution in [1.29, 1.82) is 0 Å². The molecule has 0 radical (unpaired) electrons. The molecule has 2 N–H and O–H groups in total. The van der Waals surface area contributed by atoms with Crippen molar-refractivity contribution in [3.63, 3.8) is 0 Å². The number of ether oxygens (including phenoxy) is 2. The lowest BCUT2D eigenvalue weighted by Crippen LogP contribution is -2.25. The number of nitrogens with one attached hydrogen (secondary N) is 2. The molecule has 0 amide bonds. The maximum Gasteiger partial charge on any atom is 0.164 e. The Kier molecular flexibility index (Phi) is 8.34. The van der Waals surface area contributed by atoms with Crippen molar-refractivity contribution in [2.75, 3.05) is 7.11 Å². The first kappa shape index (κ1) is 24.4. The molecule has 7 nitrogen and oxygen atoms in total. The summed E-state index contributed by atoms with van der Waals surface area (Å²) in [6.07, 6.45) is 13.7. The van der Waals surface area contributed by atoms with Crippen LogP contribution in [0.15, 0.2) is 54.3 Å². The fraction of sp³-hybridized carbons (Fsp3) is 0.192. The van der Waals surface area contributed by atoms with E-state index in [0.717, 1.165) is 34.1 Å². The molecule has 0 atom stereocenters. The van der Waals surface area contributed by atoms with Crippen molar-refractivity contribution in [2.45, 2.75) is 26.9 Å². The number of methoxy groups -OCH3 is 1. The minimum atomic E-state index is -0.383. The highest BCUT2D eigenvalue weighted by atomic mass is 19.1. The van der Waals surface area contributed by atoms with Gasteiger partial charge in [-0.05, 0) is 44.6 Å². The van der Waals surface area contributed by atoms with Crippen molar-refractivity contribution >= 4 is 24.0 Å². The van der Waals surface area contributed by atoms with E-state index in [4.69, 9.17) is 9.47 Å². The molecular weight excluding hydrogens is 435 g/mol. The number of imidazole rings is 1. The van der Waals surface area contributed by atoms with Crippen LogP contribution in [-0.2, 0) is 6.61 Å². The van der Waals surface area contributed by atoms with Crippen LogP contribution in [0.3, 0.4) is 0 Å². The summed E-state index contributed by atoms with van der Waals surface area (Å²) < 4.78 is 23.9. The van der Waals surface area contributed by atoms with E-state index in [9.17, 15) is 9.18 Å². The van der Waals surface area contributed by atoms with Gasteiger partial charge < -0.3 is 19.4 Å². The minimum Gasteiger partial charge on any atom is -0.493 e. The Morgan fingerprint density at radius 3 is 2.85 bits per heavy atom. The minimum absolute atomic E-state index is 0.0749. The van der Waals surface area contributed by atoms with Crippen molar-refractivity contribution in [2.24, 2.45) is 4.99 Å². The van der Waals surface area contributed by atoms with E-state index in [1.54, 1.807) is 25.4 Å². The number of ketones is 1. The topological polar surface area (TPSA) is 92.4 Å². The number of fused-ring (bicyclic) bond motifs is 1. The summed E-state index contributed by atoms with van der Waals surface area (Å²) in [5.74, 6) is 1.13. The van der Waals surface area contributed by atoms with Gasteiger partial charge in [0.1, 0.15) is 23.7 Å². The molecule has 0 unspecified atom stereocenters. The Balaban J connectivity index is 0.000000212. The summed E-state index contributed by atoms with van der Waals surface area (Å²) in [4.78, 5) is 25.8. The van der Waals surface area contributed by atoms with Crippen LogP contribution in [0.5, 0.6) is 11.5 Å². The van der Waals surface area contributed by atoms with Gasteiger partial charge in [-0.1, -0.05) is 24.8 Å². The fourth-order valence-electron chi connectivity index (χ4n) is 3.28. The molecule has 1 aliphatic heterocycles. The summed E-state index contributed by atoms with van der Waals surface area (Å²) in [5, 5.41) is 0.928. The number of benzene rings is 1. The van der Waals surface area contributed by atoms with Crippen LogP contribution >= 0.6 is 0 Å². The molecule has 3 heterocycles. The van der Waals surface area contributed by atoms with Crippen LogP contribution in [0.1, 0.15) is 47.8 Å². The molecule has 1 aromatic carbocycles. The Bertz CT molecular complexity index is 1350. The number of aromatic amines is 2. The lowest BCUT2D eigenvalue weighted by Gasteiger charge is -2.09. The second-order valence-electron chi connectivity index (χ2n) is 7.24. The maximum atomic E-state index is 13.3. The molecule has 34 heavy (non-hydrogen) atoms. The van der Waals surface area contributed by atoms with Crippen molar-refractivity contribution in [1.82, 2.24) is 15.0 Å². The standard InChI is InChI=1S/C16H17FN2O2.C10H10N2O/c1-4-6-13-12(5-2)18-16(19-13)10-21-15-9-11(17)7-8-14(15)20-3;1-7(13)9-6-12-10-8(9)4-2-3-5-11-10/h4-9H,2,10H2,1,3H3,(H,18,19);3-6H,2H2,1H3,(H,11,12)/b6-4-;. The summed E-state index contributed by atoms with van der Waals surface area (Å²) in [6, 6.07) is 4.12. The number of H-pyrrole nitrogens is 2. The van der Waals surface area contributed by atoms with Crippen LogP contribution in [0.2, 0.25) is 0 Å². The average molecular weight is 463 g/mol. The van der Waals surface area contributed by atoms with Crippen molar-refractivity contribution in [3.8, 4) is 11.5 Å². The third-order valence-corrected chi connectivity index (χ3v) is 4.87. The Hall–Kier alpha value is -4.20. The van der Waals surface area contributed by atoms with Gasteiger partial charge >= 0.3 is 0 Å². The average Bonchev–Trinajstić information content (AvgIpc) is 3.34. The van der Waals surface area contributed by atoms with Crippen LogP contribution in [0, 0.1) is 5.82 Å². The summed E-state index contributed by atoms with van der Waals surface area (Å²) in [5.41, 5.74) is 3.11. The smallest absolute Gasteiger partial charge is 0.164 e. The SMILES string of the molecule is C=Cc1nc(COc2cc(F)ccc2OC)[nH]c1/C=C\C.CC(=O)c1c[nH]c2c1=CCC=CN=2. The second kappa shape index (κ2) is 11.6. The van der Waals surface area contributed by atoms with E-state index in [2.05, 4.69) is 26.5 Å². The van der Waals surface area contributed by atoms with Gasteiger partial charge in [-0.3, -0.25) is 4.79 Å². The molecule has 1 aliphatic rings. The van der Waals surface area contributed by atoms with E-state index >= 15 is 0 Å². The number of hydrogen-bond donors (Lipinski definition) is 2. The van der Waals surface area contributed by atoms with Gasteiger partial charge in [0, 0.05) is 29.2 Å². The first-order valence-corrected chi connectivity index (χ1v) is 10.7. The summed E-state index contributed by atoms with van der Waals surface area (Å²) in [6.45, 7) is 7.38. The predicted molar refractivity (Wildman–Crippen MR) is 130 cm³/mol. The first-order valence-electron chi connectivity index (χ1n) is 10.7. The van der Waals surface area contributed by atoms with Crippen LogP contribution < -0.4 is 20.2 Å². The molecule has 0 bridgehead atoms. The van der Waals surface area contributed by atoms with E-state index < -0.39 is 0 Å². The molecule has 0 spiro atoms. The number of aromatic nitrogens is 3. The maximum absolute atomic E-state index is 13.3. The third-order valence-electron chi connectivity index (χ3n) is 4.87. The number of allylic oxidation sites excluding steroid dienone is 2.